The van der Waals surface area contributed by atoms with Crippen LogP contribution >= 0.6 is 12.4 Å². The summed E-state index contributed by atoms with van der Waals surface area (Å²) >= 11 is 0. The average Bonchev–Trinajstić information content (AvgIpc) is 2.48. The smallest absolute Gasteiger partial charge is 0.220 e. The van der Waals surface area contributed by atoms with Crippen LogP contribution in [-0.2, 0) is 16.1 Å². The van der Waals surface area contributed by atoms with Gasteiger partial charge in [-0.25, -0.2) is 0 Å². The van der Waals surface area contributed by atoms with E-state index in [1.807, 2.05) is 39.0 Å². The van der Waals surface area contributed by atoms with E-state index in [4.69, 9.17) is 15.2 Å². The van der Waals surface area contributed by atoms with Crippen LogP contribution in [0.3, 0.4) is 0 Å². The van der Waals surface area contributed by atoms with E-state index < -0.39 is 0 Å². The van der Waals surface area contributed by atoms with E-state index >= 15 is 0 Å². The van der Waals surface area contributed by atoms with Crippen molar-refractivity contribution in [3.8, 4) is 5.75 Å². The predicted molar refractivity (Wildman–Crippen MR) is 95.1 cm³/mol. The Morgan fingerprint density at radius 3 is 2.74 bits per heavy atom. The molecule has 0 aliphatic heterocycles. The Hall–Kier alpha value is -1.30. The quantitative estimate of drug-likeness (QED) is 0.640. The number of hydrogen-bond donors (Lipinski definition) is 2. The second-order valence-corrected chi connectivity index (χ2v) is 5.45. The Kier molecular flexibility index (Phi) is 11.5. The molecule has 132 valence electrons. The molecule has 0 bridgehead atoms. The molecule has 1 aromatic rings. The van der Waals surface area contributed by atoms with Crippen LogP contribution in [0, 0.1) is 6.92 Å². The van der Waals surface area contributed by atoms with Crippen LogP contribution in [0.4, 0.5) is 0 Å². The van der Waals surface area contributed by atoms with Crippen molar-refractivity contribution in [1.82, 2.24) is 5.32 Å². The minimum Gasteiger partial charge on any atom is -0.491 e. The van der Waals surface area contributed by atoms with Crippen LogP contribution in [0.15, 0.2) is 18.2 Å². The maximum absolute atomic E-state index is 11.8. The standard InChI is InChI=1S/C17H28N2O3.ClH/c1-4-21-9-10-22-16-11-13(2)5-7-15(16)12-19-17(20)8-6-14(3)18;/h5,7,11,14H,4,6,8-10,12,18H2,1-3H3,(H,19,20);1H. The number of benzene rings is 1. The van der Waals surface area contributed by atoms with Crippen molar-refractivity contribution in [2.75, 3.05) is 19.8 Å². The summed E-state index contributed by atoms with van der Waals surface area (Å²) < 4.78 is 11.0. The van der Waals surface area contributed by atoms with Gasteiger partial charge in [-0.3, -0.25) is 4.79 Å². The van der Waals surface area contributed by atoms with E-state index in [0.29, 0.717) is 39.2 Å². The lowest BCUT2D eigenvalue weighted by atomic mass is 10.1. The number of aryl methyl sites for hydroxylation is 1. The fourth-order valence-electron chi connectivity index (χ4n) is 1.94. The summed E-state index contributed by atoms with van der Waals surface area (Å²) in [4.78, 5) is 11.8. The molecule has 0 aliphatic carbocycles. The van der Waals surface area contributed by atoms with Crippen molar-refractivity contribution in [3.05, 3.63) is 29.3 Å². The molecule has 1 unspecified atom stereocenters. The molecule has 0 heterocycles. The molecule has 3 N–H and O–H groups in total. The van der Waals surface area contributed by atoms with E-state index in [2.05, 4.69) is 5.32 Å². The van der Waals surface area contributed by atoms with Gasteiger partial charge in [0.2, 0.25) is 5.91 Å². The summed E-state index contributed by atoms with van der Waals surface area (Å²) in [5.41, 5.74) is 7.75. The lowest BCUT2D eigenvalue weighted by Gasteiger charge is -2.13. The first kappa shape index (κ1) is 21.7. The van der Waals surface area contributed by atoms with E-state index in [-0.39, 0.29) is 24.4 Å². The molecular formula is C17H29ClN2O3. The lowest BCUT2D eigenvalue weighted by Crippen LogP contribution is -2.25. The Bertz CT molecular complexity index is 467. The van der Waals surface area contributed by atoms with Crippen LogP contribution in [0.25, 0.3) is 0 Å². The van der Waals surface area contributed by atoms with Crippen molar-refractivity contribution < 1.29 is 14.3 Å². The van der Waals surface area contributed by atoms with E-state index in [0.717, 1.165) is 16.9 Å². The van der Waals surface area contributed by atoms with Gasteiger partial charge in [-0.05, 0) is 38.8 Å². The molecule has 5 nitrogen and oxygen atoms in total. The Balaban J connectivity index is 0.00000484. The topological polar surface area (TPSA) is 73.6 Å². The highest BCUT2D eigenvalue weighted by Crippen LogP contribution is 2.20. The monoisotopic (exact) mass is 344 g/mol. The molecule has 1 atom stereocenters. The number of ether oxygens (including phenoxy) is 2. The number of amides is 1. The molecular weight excluding hydrogens is 316 g/mol. The van der Waals surface area contributed by atoms with Gasteiger partial charge in [0.05, 0.1) is 6.61 Å². The largest absolute Gasteiger partial charge is 0.491 e. The number of carbonyl (C=O) groups excluding carboxylic acids is 1. The molecule has 0 radical (unpaired) electrons. The summed E-state index contributed by atoms with van der Waals surface area (Å²) in [5, 5.41) is 2.91. The fourth-order valence-corrected chi connectivity index (χ4v) is 1.94. The number of nitrogens with two attached hydrogens (primary N) is 1. The van der Waals surface area contributed by atoms with Gasteiger partial charge in [0.25, 0.3) is 0 Å². The summed E-state index contributed by atoms with van der Waals surface area (Å²) in [6.07, 6.45) is 1.14. The second-order valence-electron chi connectivity index (χ2n) is 5.45. The van der Waals surface area contributed by atoms with E-state index in [1.165, 1.54) is 0 Å². The summed E-state index contributed by atoms with van der Waals surface area (Å²) in [5.74, 6) is 0.810. The van der Waals surface area contributed by atoms with Crippen molar-refractivity contribution in [2.45, 2.75) is 46.2 Å². The number of hydrogen-bond acceptors (Lipinski definition) is 4. The first-order chi connectivity index (χ1) is 10.5. The molecule has 0 aromatic heterocycles. The first-order valence-electron chi connectivity index (χ1n) is 7.85. The number of carbonyl (C=O) groups is 1. The van der Waals surface area contributed by atoms with Gasteiger partial charge in [-0.2, -0.15) is 0 Å². The molecule has 0 saturated heterocycles. The van der Waals surface area contributed by atoms with Crippen LogP contribution < -0.4 is 15.8 Å². The zero-order valence-corrected chi connectivity index (χ0v) is 15.1. The number of rotatable bonds is 10. The normalized spacial score (nSPS) is 11.5. The van der Waals surface area contributed by atoms with Gasteiger partial charge in [-0.1, -0.05) is 12.1 Å². The minimum atomic E-state index is 0. The average molecular weight is 345 g/mol. The summed E-state index contributed by atoms with van der Waals surface area (Å²) in [7, 11) is 0. The van der Waals surface area contributed by atoms with Gasteiger partial charge < -0.3 is 20.5 Å². The Morgan fingerprint density at radius 2 is 2.09 bits per heavy atom. The van der Waals surface area contributed by atoms with Crippen molar-refractivity contribution >= 4 is 18.3 Å². The van der Waals surface area contributed by atoms with Crippen LogP contribution in [-0.4, -0.2) is 31.8 Å². The van der Waals surface area contributed by atoms with Crippen molar-refractivity contribution in [3.63, 3.8) is 0 Å². The van der Waals surface area contributed by atoms with Gasteiger partial charge in [-0.15, -0.1) is 12.4 Å². The van der Waals surface area contributed by atoms with Crippen molar-refractivity contribution in [2.24, 2.45) is 5.73 Å². The highest BCUT2D eigenvalue weighted by molar-refractivity contribution is 5.85. The van der Waals surface area contributed by atoms with Gasteiger partial charge in [0.15, 0.2) is 0 Å². The zero-order valence-electron chi connectivity index (χ0n) is 14.3. The van der Waals surface area contributed by atoms with Crippen LogP contribution in [0.2, 0.25) is 0 Å². The van der Waals surface area contributed by atoms with Crippen LogP contribution in [0.1, 0.15) is 37.8 Å². The molecule has 1 amide bonds. The number of nitrogens with one attached hydrogen (secondary N) is 1. The molecule has 0 aliphatic rings. The molecule has 0 saturated carbocycles. The van der Waals surface area contributed by atoms with Crippen LogP contribution in [0.5, 0.6) is 5.75 Å². The third-order valence-corrected chi connectivity index (χ3v) is 3.21. The highest BCUT2D eigenvalue weighted by atomic mass is 35.5. The van der Waals surface area contributed by atoms with E-state index in [1.54, 1.807) is 0 Å². The summed E-state index contributed by atoms with van der Waals surface area (Å²) in [6, 6.07) is 6.02. The molecule has 0 spiro atoms. The molecule has 1 rings (SSSR count). The third-order valence-electron chi connectivity index (χ3n) is 3.21. The predicted octanol–water partition coefficient (Wildman–Crippen LogP) is 2.58. The highest BCUT2D eigenvalue weighted by Gasteiger charge is 2.08. The molecule has 0 fully saturated rings. The third kappa shape index (κ3) is 9.43. The van der Waals surface area contributed by atoms with Crippen molar-refractivity contribution in [1.29, 1.82) is 0 Å². The Morgan fingerprint density at radius 1 is 1.35 bits per heavy atom. The minimum absolute atomic E-state index is 0. The molecule has 6 heteroatoms. The maximum atomic E-state index is 11.8. The summed E-state index contributed by atoms with van der Waals surface area (Å²) in [6.45, 7) is 8.07. The fraction of sp³-hybridized carbons (Fsp3) is 0.588. The van der Waals surface area contributed by atoms with Gasteiger partial charge in [0.1, 0.15) is 12.4 Å². The Labute approximate surface area is 145 Å². The van der Waals surface area contributed by atoms with Gasteiger partial charge in [0, 0.05) is 31.2 Å². The molecule has 23 heavy (non-hydrogen) atoms. The maximum Gasteiger partial charge on any atom is 0.220 e. The second kappa shape index (κ2) is 12.2. The molecule has 1 aromatic carbocycles. The zero-order chi connectivity index (χ0) is 16.4. The number of halogens is 1. The lowest BCUT2D eigenvalue weighted by molar-refractivity contribution is -0.121. The first-order valence-corrected chi connectivity index (χ1v) is 7.85. The SMILES string of the molecule is CCOCCOc1cc(C)ccc1CNC(=O)CCC(C)N.Cl. The van der Waals surface area contributed by atoms with Gasteiger partial charge >= 0.3 is 0 Å². The van der Waals surface area contributed by atoms with E-state index in [9.17, 15) is 4.79 Å².